The lowest BCUT2D eigenvalue weighted by atomic mass is 10.2. The van der Waals surface area contributed by atoms with E-state index in [1.807, 2.05) is 12.5 Å². The van der Waals surface area contributed by atoms with Gasteiger partial charge in [-0.15, -0.1) is 13.2 Å². The van der Waals surface area contributed by atoms with Gasteiger partial charge in [0.1, 0.15) is 0 Å². The van der Waals surface area contributed by atoms with Gasteiger partial charge in [-0.2, -0.15) is 5.48 Å². The predicted molar refractivity (Wildman–Crippen MR) is 87.3 cm³/mol. The Morgan fingerprint density at radius 3 is 2.25 bits per heavy atom. The third kappa shape index (κ3) is 19.1. The standard InChI is InChI=1S/C15H31F3N4O2/c1-19-9-4-2-3-8-14(23)21-12-7-11-20-10-5-6-13-22-24-15(16,17)18/h19-20,22H,2-13H2,1H3,(H,21,23). The summed E-state index contributed by atoms with van der Waals surface area (Å²) in [6.45, 7) is 3.29. The van der Waals surface area contributed by atoms with Crippen molar-refractivity contribution in [1.82, 2.24) is 21.4 Å². The third-order valence-electron chi connectivity index (χ3n) is 3.25. The van der Waals surface area contributed by atoms with Crippen LogP contribution >= 0.6 is 0 Å². The van der Waals surface area contributed by atoms with E-state index < -0.39 is 6.36 Å². The topological polar surface area (TPSA) is 74.4 Å². The molecule has 0 aliphatic rings. The summed E-state index contributed by atoms with van der Waals surface area (Å²) >= 11 is 0. The Hall–Kier alpha value is -0.900. The average molecular weight is 356 g/mol. The molecule has 0 radical (unpaired) electrons. The molecule has 0 aromatic rings. The second-order valence-electron chi connectivity index (χ2n) is 5.52. The molecule has 144 valence electrons. The second kappa shape index (κ2) is 15.6. The van der Waals surface area contributed by atoms with Gasteiger partial charge in [0.2, 0.25) is 5.91 Å². The third-order valence-corrected chi connectivity index (χ3v) is 3.25. The lowest BCUT2D eigenvalue weighted by Gasteiger charge is -2.08. The predicted octanol–water partition coefficient (Wildman–Crippen LogP) is 1.68. The van der Waals surface area contributed by atoms with E-state index in [9.17, 15) is 18.0 Å². The average Bonchev–Trinajstić information content (AvgIpc) is 2.51. The van der Waals surface area contributed by atoms with E-state index in [4.69, 9.17) is 0 Å². The van der Waals surface area contributed by atoms with Crippen LogP contribution in [-0.2, 0) is 9.63 Å². The Labute approximate surface area is 142 Å². The van der Waals surface area contributed by atoms with E-state index >= 15 is 0 Å². The molecule has 6 nitrogen and oxygen atoms in total. The number of rotatable bonds is 16. The van der Waals surface area contributed by atoms with Crippen LogP contribution in [0.1, 0.15) is 44.9 Å². The van der Waals surface area contributed by atoms with Crippen LogP contribution in [0.25, 0.3) is 0 Å². The number of hydrogen-bond donors (Lipinski definition) is 4. The van der Waals surface area contributed by atoms with Crippen LogP contribution in [0.3, 0.4) is 0 Å². The molecular weight excluding hydrogens is 325 g/mol. The zero-order valence-corrected chi connectivity index (χ0v) is 14.4. The molecule has 0 heterocycles. The lowest BCUT2D eigenvalue weighted by Crippen LogP contribution is -2.28. The van der Waals surface area contributed by atoms with Crippen molar-refractivity contribution in [1.29, 1.82) is 0 Å². The summed E-state index contributed by atoms with van der Waals surface area (Å²) in [6.07, 6.45) is 1.18. The van der Waals surface area contributed by atoms with E-state index in [2.05, 4.69) is 20.8 Å². The first kappa shape index (κ1) is 23.1. The molecule has 0 aromatic heterocycles. The minimum Gasteiger partial charge on any atom is -0.356 e. The molecule has 9 heteroatoms. The van der Waals surface area contributed by atoms with Crippen LogP contribution in [0, 0.1) is 0 Å². The smallest absolute Gasteiger partial charge is 0.356 e. The molecule has 1 amide bonds. The maximum absolute atomic E-state index is 11.6. The van der Waals surface area contributed by atoms with Crippen LogP contribution in [0.5, 0.6) is 0 Å². The second-order valence-corrected chi connectivity index (χ2v) is 5.52. The summed E-state index contributed by atoms with van der Waals surface area (Å²) in [5.41, 5.74) is 1.87. The molecule has 0 fully saturated rings. The zero-order valence-electron chi connectivity index (χ0n) is 14.4. The highest BCUT2D eigenvalue weighted by Crippen LogP contribution is 2.13. The fourth-order valence-electron chi connectivity index (χ4n) is 2.00. The van der Waals surface area contributed by atoms with E-state index in [0.29, 0.717) is 19.4 Å². The molecule has 0 aliphatic carbocycles. The Bertz CT molecular complexity index is 305. The lowest BCUT2D eigenvalue weighted by molar-refractivity contribution is -0.350. The highest BCUT2D eigenvalue weighted by molar-refractivity contribution is 5.75. The Balaban J connectivity index is 3.18. The van der Waals surface area contributed by atoms with Crippen LogP contribution in [0.2, 0.25) is 0 Å². The molecular formula is C15H31F3N4O2. The van der Waals surface area contributed by atoms with Crippen molar-refractivity contribution in [2.75, 3.05) is 39.8 Å². The number of carbonyl (C=O) groups excluding carboxylic acids is 1. The Kier molecular flexibility index (Phi) is 15.0. The van der Waals surface area contributed by atoms with Gasteiger partial charge in [0, 0.05) is 19.5 Å². The molecule has 24 heavy (non-hydrogen) atoms. The van der Waals surface area contributed by atoms with Crippen molar-refractivity contribution < 1.29 is 22.8 Å². The fraction of sp³-hybridized carbons (Fsp3) is 0.933. The van der Waals surface area contributed by atoms with Crippen molar-refractivity contribution in [2.24, 2.45) is 0 Å². The number of halogens is 3. The summed E-state index contributed by atoms with van der Waals surface area (Å²) < 4.78 is 34.9. The van der Waals surface area contributed by atoms with Gasteiger partial charge >= 0.3 is 6.36 Å². The molecule has 0 aromatic carbocycles. The maximum Gasteiger partial charge on any atom is 0.538 e. The summed E-state index contributed by atoms with van der Waals surface area (Å²) in [5, 5.41) is 9.13. The van der Waals surface area contributed by atoms with E-state index in [1.165, 1.54) is 0 Å². The monoisotopic (exact) mass is 356 g/mol. The van der Waals surface area contributed by atoms with Crippen molar-refractivity contribution in [3.8, 4) is 0 Å². The van der Waals surface area contributed by atoms with E-state index in [0.717, 1.165) is 51.7 Å². The summed E-state index contributed by atoms with van der Waals surface area (Å²) in [4.78, 5) is 15.0. The molecule has 0 rings (SSSR count). The van der Waals surface area contributed by atoms with Crippen molar-refractivity contribution in [3.05, 3.63) is 0 Å². The quantitative estimate of drug-likeness (QED) is 0.250. The maximum atomic E-state index is 11.6. The fourth-order valence-corrected chi connectivity index (χ4v) is 2.00. The number of unbranched alkanes of at least 4 members (excludes halogenated alkanes) is 3. The number of carbonyl (C=O) groups is 1. The van der Waals surface area contributed by atoms with Gasteiger partial charge < -0.3 is 16.0 Å². The molecule has 0 spiro atoms. The number of hydrogen-bond acceptors (Lipinski definition) is 5. The SMILES string of the molecule is CNCCCCCC(=O)NCCCNCCCCNOC(F)(F)F. The largest absolute Gasteiger partial charge is 0.538 e. The first-order valence-electron chi connectivity index (χ1n) is 8.55. The molecule has 0 saturated carbocycles. The Morgan fingerprint density at radius 1 is 0.875 bits per heavy atom. The van der Waals surface area contributed by atoms with Gasteiger partial charge in [0.25, 0.3) is 0 Å². The van der Waals surface area contributed by atoms with Gasteiger partial charge in [-0.25, -0.2) is 4.84 Å². The normalized spacial score (nSPS) is 11.7. The van der Waals surface area contributed by atoms with Crippen molar-refractivity contribution in [3.63, 3.8) is 0 Å². The molecule has 0 bridgehead atoms. The summed E-state index contributed by atoms with van der Waals surface area (Å²) in [5.74, 6) is 0.0928. The molecule has 0 aliphatic heterocycles. The van der Waals surface area contributed by atoms with Gasteiger partial charge in [0.15, 0.2) is 0 Å². The number of nitrogens with one attached hydrogen (secondary N) is 4. The molecule has 0 unspecified atom stereocenters. The van der Waals surface area contributed by atoms with Crippen molar-refractivity contribution >= 4 is 5.91 Å². The van der Waals surface area contributed by atoms with Gasteiger partial charge in [-0.3, -0.25) is 4.79 Å². The Morgan fingerprint density at radius 2 is 1.54 bits per heavy atom. The van der Waals surface area contributed by atoms with Crippen LogP contribution < -0.4 is 21.4 Å². The van der Waals surface area contributed by atoms with Gasteiger partial charge in [-0.1, -0.05) is 6.42 Å². The van der Waals surface area contributed by atoms with E-state index in [1.54, 1.807) is 0 Å². The molecule has 0 saturated heterocycles. The minimum atomic E-state index is -4.63. The van der Waals surface area contributed by atoms with Crippen LogP contribution in [0.15, 0.2) is 0 Å². The number of amides is 1. The van der Waals surface area contributed by atoms with Gasteiger partial charge in [0.05, 0.1) is 0 Å². The summed E-state index contributed by atoms with van der Waals surface area (Å²) in [7, 11) is 1.92. The van der Waals surface area contributed by atoms with E-state index in [-0.39, 0.29) is 12.5 Å². The van der Waals surface area contributed by atoms with Crippen molar-refractivity contribution in [2.45, 2.75) is 51.3 Å². The number of hydroxylamine groups is 1. The van der Waals surface area contributed by atoms with Crippen LogP contribution in [-0.4, -0.2) is 52.0 Å². The molecule has 4 N–H and O–H groups in total. The zero-order chi connectivity index (χ0) is 18.1. The van der Waals surface area contributed by atoms with Crippen LogP contribution in [0.4, 0.5) is 13.2 Å². The highest BCUT2D eigenvalue weighted by atomic mass is 19.4. The first-order chi connectivity index (χ1) is 11.5. The summed E-state index contributed by atoms with van der Waals surface area (Å²) in [6, 6.07) is 0. The first-order valence-corrected chi connectivity index (χ1v) is 8.55. The minimum absolute atomic E-state index is 0.0928. The number of alkyl halides is 3. The highest BCUT2D eigenvalue weighted by Gasteiger charge is 2.29. The van der Waals surface area contributed by atoms with Gasteiger partial charge in [-0.05, 0) is 58.8 Å². The molecule has 0 atom stereocenters.